The molecule has 1 N–H and O–H groups in total. The van der Waals surface area contributed by atoms with Gasteiger partial charge >= 0.3 is 0 Å². The Kier molecular flexibility index (Phi) is 6.74. The first-order chi connectivity index (χ1) is 7.61. The maximum Gasteiger partial charge on any atom is 0.0434 e. The van der Waals surface area contributed by atoms with Crippen molar-refractivity contribution in [2.24, 2.45) is 5.92 Å². The zero-order valence-electron chi connectivity index (χ0n) is 10.2. The van der Waals surface area contributed by atoms with Gasteiger partial charge in [0.25, 0.3) is 0 Å². The van der Waals surface area contributed by atoms with Crippen molar-refractivity contribution in [3.8, 4) is 0 Å². The lowest BCUT2D eigenvalue weighted by Crippen LogP contribution is -2.41. The van der Waals surface area contributed by atoms with Gasteiger partial charge in [-0.05, 0) is 31.8 Å². The van der Waals surface area contributed by atoms with Gasteiger partial charge in [-0.25, -0.2) is 0 Å². The van der Waals surface area contributed by atoms with Crippen molar-refractivity contribution < 1.29 is 0 Å². The van der Waals surface area contributed by atoms with Crippen LogP contribution in [0.3, 0.4) is 0 Å². The normalized spacial score (nSPS) is 24.1. The largest absolute Gasteiger partial charge is 0.314 e. The van der Waals surface area contributed by atoms with Gasteiger partial charge in [0, 0.05) is 29.7 Å². The Balaban J connectivity index is 2.29. The Morgan fingerprint density at radius 3 is 2.94 bits per heavy atom. The molecule has 1 aliphatic heterocycles. The van der Waals surface area contributed by atoms with E-state index in [0.29, 0.717) is 6.04 Å². The molecule has 4 heteroatoms. The van der Waals surface area contributed by atoms with Crippen molar-refractivity contribution in [2.75, 3.05) is 26.2 Å². The fourth-order valence-electron chi connectivity index (χ4n) is 2.11. The molecule has 1 fully saturated rings. The maximum absolute atomic E-state index is 5.95. The van der Waals surface area contributed by atoms with Gasteiger partial charge < -0.3 is 5.32 Å². The topological polar surface area (TPSA) is 15.3 Å². The molecule has 2 nitrogen and oxygen atoms in total. The fourth-order valence-corrected chi connectivity index (χ4v) is 2.35. The van der Waals surface area contributed by atoms with E-state index in [1.54, 1.807) is 0 Å². The number of piperidine rings is 1. The second kappa shape index (κ2) is 7.54. The second-order valence-corrected chi connectivity index (χ2v) is 5.57. The first kappa shape index (κ1) is 14.3. The number of halogens is 2. The Bertz CT molecular complexity index is 229. The predicted molar refractivity (Wildman–Crippen MR) is 72.1 cm³/mol. The molecule has 0 aromatic heterocycles. The molecule has 0 aromatic carbocycles. The molecule has 1 rings (SSSR count). The molecule has 0 aliphatic carbocycles. The summed E-state index contributed by atoms with van der Waals surface area (Å²) in [6.45, 7) is 8.54. The summed E-state index contributed by atoms with van der Waals surface area (Å²) in [4.78, 5) is 2.39. The molecule has 0 saturated carbocycles. The minimum atomic E-state index is 0.571. The third kappa shape index (κ3) is 5.53. The van der Waals surface area contributed by atoms with Crippen LogP contribution in [0.5, 0.6) is 0 Å². The van der Waals surface area contributed by atoms with Crippen LogP contribution < -0.4 is 5.32 Å². The van der Waals surface area contributed by atoms with Crippen LogP contribution in [-0.2, 0) is 0 Å². The van der Waals surface area contributed by atoms with E-state index >= 15 is 0 Å². The highest BCUT2D eigenvalue weighted by Gasteiger charge is 2.19. The highest BCUT2D eigenvalue weighted by molar-refractivity contribution is 6.36. The third-order valence-corrected chi connectivity index (χ3v) is 3.51. The number of likely N-dealkylation sites (tertiary alicyclic amines) is 1. The second-order valence-electron chi connectivity index (χ2n) is 4.86. The van der Waals surface area contributed by atoms with Crippen LogP contribution in [-0.4, -0.2) is 37.1 Å². The van der Waals surface area contributed by atoms with Crippen LogP contribution in [0.15, 0.2) is 10.6 Å². The van der Waals surface area contributed by atoms with Crippen LogP contribution in [0.25, 0.3) is 0 Å². The molecule has 0 bridgehead atoms. The number of hydrogen-bond acceptors (Lipinski definition) is 2. The van der Waals surface area contributed by atoms with Gasteiger partial charge in [-0.1, -0.05) is 37.0 Å². The van der Waals surface area contributed by atoms with Crippen LogP contribution in [0, 0.1) is 5.92 Å². The maximum atomic E-state index is 5.95. The molecule has 1 aliphatic rings. The summed E-state index contributed by atoms with van der Waals surface area (Å²) in [6, 6.07) is 0.571. The number of nitrogens with one attached hydrogen (secondary N) is 1. The van der Waals surface area contributed by atoms with E-state index in [1.807, 2.05) is 0 Å². The van der Waals surface area contributed by atoms with Crippen molar-refractivity contribution in [3.05, 3.63) is 10.6 Å². The minimum Gasteiger partial charge on any atom is -0.314 e. The summed E-state index contributed by atoms with van der Waals surface area (Å²) in [7, 11) is 0. The van der Waals surface area contributed by atoms with Crippen molar-refractivity contribution >= 4 is 23.2 Å². The zero-order chi connectivity index (χ0) is 12.0. The van der Waals surface area contributed by atoms with Crippen molar-refractivity contribution in [2.45, 2.75) is 32.7 Å². The molecular formula is C12H22Cl2N2. The van der Waals surface area contributed by atoms with E-state index in [9.17, 15) is 0 Å². The summed E-state index contributed by atoms with van der Waals surface area (Å²) in [6.07, 6.45) is 2.58. The van der Waals surface area contributed by atoms with Crippen molar-refractivity contribution in [1.29, 1.82) is 0 Å². The lowest BCUT2D eigenvalue weighted by Gasteiger charge is -2.33. The monoisotopic (exact) mass is 264 g/mol. The van der Waals surface area contributed by atoms with Gasteiger partial charge in [-0.15, -0.1) is 0 Å². The van der Waals surface area contributed by atoms with Gasteiger partial charge in [-0.2, -0.15) is 0 Å². The summed E-state index contributed by atoms with van der Waals surface area (Å²) in [5.41, 5.74) is 1.47. The molecule has 0 spiro atoms. The minimum absolute atomic E-state index is 0.571. The summed E-state index contributed by atoms with van der Waals surface area (Å²) in [5.74, 6) is 0.746. The van der Waals surface area contributed by atoms with E-state index in [0.717, 1.165) is 37.1 Å². The molecule has 1 unspecified atom stereocenters. The zero-order valence-corrected chi connectivity index (χ0v) is 11.7. The van der Waals surface area contributed by atoms with Gasteiger partial charge in [0.05, 0.1) is 0 Å². The van der Waals surface area contributed by atoms with E-state index in [-0.39, 0.29) is 0 Å². The molecular weight excluding hydrogens is 243 g/mol. The quantitative estimate of drug-likeness (QED) is 0.822. The molecule has 0 aromatic rings. The number of nitrogens with zero attached hydrogens (tertiary/aromatic N) is 1. The molecule has 16 heavy (non-hydrogen) atoms. The van der Waals surface area contributed by atoms with E-state index in [2.05, 4.69) is 24.1 Å². The molecule has 1 saturated heterocycles. The van der Waals surface area contributed by atoms with Crippen LogP contribution in [0.2, 0.25) is 0 Å². The molecule has 1 heterocycles. The predicted octanol–water partition coefficient (Wildman–Crippen LogP) is 3.02. The highest BCUT2D eigenvalue weighted by Crippen LogP contribution is 2.18. The van der Waals surface area contributed by atoms with E-state index in [4.69, 9.17) is 23.2 Å². The first-order valence-electron chi connectivity index (χ1n) is 6.02. The van der Waals surface area contributed by atoms with Crippen LogP contribution in [0.1, 0.15) is 26.7 Å². The Morgan fingerprint density at radius 1 is 1.56 bits per heavy atom. The van der Waals surface area contributed by atoms with Crippen molar-refractivity contribution in [3.63, 3.8) is 0 Å². The van der Waals surface area contributed by atoms with E-state index < -0.39 is 0 Å². The Labute approximate surface area is 109 Å². The van der Waals surface area contributed by atoms with Crippen molar-refractivity contribution in [1.82, 2.24) is 10.2 Å². The summed E-state index contributed by atoms with van der Waals surface area (Å²) >= 11 is 11.5. The fraction of sp³-hybridized carbons (Fsp3) is 0.833. The first-order valence-corrected chi connectivity index (χ1v) is 6.83. The van der Waals surface area contributed by atoms with Gasteiger partial charge in [0.15, 0.2) is 0 Å². The lowest BCUT2D eigenvalue weighted by molar-refractivity contribution is 0.185. The van der Waals surface area contributed by atoms with Crippen LogP contribution >= 0.6 is 23.2 Å². The SMILES string of the molecule is CC(C)NCC1CCCN(CC(Cl)=CCl)C1. The summed E-state index contributed by atoms with van der Waals surface area (Å²) < 4.78 is 0. The Morgan fingerprint density at radius 2 is 2.31 bits per heavy atom. The standard InChI is InChI=1S/C12H22Cl2N2/c1-10(2)15-7-11-4-3-5-16(8-11)9-12(14)6-13/h6,10-11,15H,3-5,7-9H2,1-2H3. The average molecular weight is 265 g/mol. The van der Waals surface area contributed by atoms with Crippen LogP contribution in [0.4, 0.5) is 0 Å². The smallest absolute Gasteiger partial charge is 0.0434 e. The molecule has 94 valence electrons. The van der Waals surface area contributed by atoms with E-state index in [1.165, 1.54) is 18.4 Å². The average Bonchev–Trinajstić information content (AvgIpc) is 2.26. The Hall–Kier alpha value is 0.240. The van der Waals surface area contributed by atoms with Gasteiger partial charge in [-0.3, -0.25) is 4.90 Å². The number of rotatable bonds is 5. The lowest BCUT2D eigenvalue weighted by atomic mass is 9.98. The number of hydrogen-bond donors (Lipinski definition) is 1. The van der Waals surface area contributed by atoms with Gasteiger partial charge in [0.1, 0.15) is 0 Å². The summed E-state index contributed by atoms with van der Waals surface area (Å²) in [5, 5.41) is 4.24. The third-order valence-electron chi connectivity index (χ3n) is 2.91. The molecule has 0 amide bonds. The van der Waals surface area contributed by atoms with Gasteiger partial charge in [0.2, 0.25) is 0 Å². The molecule has 1 atom stereocenters. The highest BCUT2D eigenvalue weighted by atomic mass is 35.5. The molecule has 0 radical (unpaired) electrons.